The normalized spacial score (nSPS) is 24.0. The third-order valence-corrected chi connectivity index (χ3v) is 9.08. The number of amides is 1. The molecule has 1 saturated carbocycles. The molecule has 0 aromatic carbocycles. The number of hydrogen-bond acceptors (Lipinski definition) is 11. The quantitative estimate of drug-likeness (QED) is 0.137. The molecule has 2 aliphatic rings. The Morgan fingerprint density at radius 3 is 2.60 bits per heavy atom. The smallest absolute Gasteiger partial charge is 0.270 e. The zero-order chi connectivity index (χ0) is 32.8. The molecule has 45 heavy (non-hydrogen) atoms. The van der Waals surface area contributed by atoms with E-state index in [9.17, 15) is 25.2 Å². The van der Waals surface area contributed by atoms with Crippen LogP contribution in [0, 0.1) is 11.8 Å². The second kappa shape index (κ2) is 18.9. The molecule has 1 amide bonds. The van der Waals surface area contributed by atoms with Gasteiger partial charge in [-0.2, -0.15) is 4.37 Å². The molecule has 11 nitrogen and oxygen atoms in total. The Morgan fingerprint density at radius 2 is 1.89 bits per heavy atom. The number of carbonyl (C=O) groups is 1. The van der Waals surface area contributed by atoms with E-state index >= 15 is 0 Å². The summed E-state index contributed by atoms with van der Waals surface area (Å²) in [6.45, 7) is 10.8. The molecule has 0 unspecified atom stereocenters. The number of β-amino-alcohol motifs (C(OH)–C–C–N with tert-alkyl or cyclic N) is 1. The number of morpholine rings is 1. The van der Waals surface area contributed by atoms with Crippen LogP contribution in [0.3, 0.4) is 0 Å². The van der Waals surface area contributed by atoms with Crippen molar-refractivity contribution in [2.24, 2.45) is 11.8 Å². The molecule has 3 rings (SSSR count). The molecule has 12 heteroatoms. The number of aliphatic hydroxyl groups is 4. The molecule has 0 spiro atoms. The fourth-order valence-electron chi connectivity index (χ4n) is 5.96. The molecule has 1 aliphatic carbocycles. The first-order chi connectivity index (χ1) is 21.5. The lowest BCUT2D eigenvalue weighted by Crippen LogP contribution is -2.50. The fourth-order valence-corrected chi connectivity index (χ4v) is 6.48. The molecule has 1 aromatic rings. The van der Waals surface area contributed by atoms with Crippen molar-refractivity contribution in [3.63, 3.8) is 0 Å². The summed E-state index contributed by atoms with van der Waals surface area (Å²) in [5, 5.41) is 42.1. The predicted molar refractivity (Wildman–Crippen MR) is 176 cm³/mol. The van der Waals surface area contributed by atoms with Gasteiger partial charge in [0.2, 0.25) is 11.7 Å². The topological polar surface area (TPSA) is 149 Å². The van der Waals surface area contributed by atoms with Crippen molar-refractivity contribution in [2.45, 2.75) is 115 Å². The Labute approximate surface area is 273 Å². The van der Waals surface area contributed by atoms with E-state index in [2.05, 4.69) is 20.6 Å². The number of ether oxygens (including phenoxy) is 2. The minimum absolute atomic E-state index is 0.00106. The van der Waals surface area contributed by atoms with E-state index in [1.54, 1.807) is 11.0 Å². The number of carbonyl (C=O) groups excluding carboxylic acids is 1. The van der Waals surface area contributed by atoms with E-state index in [0.717, 1.165) is 31.0 Å². The number of hydrogen-bond donors (Lipinski definition) is 4. The van der Waals surface area contributed by atoms with E-state index in [1.165, 1.54) is 0 Å². The summed E-state index contributed by atoms with van der Waals surface area (Å²) in [6.07, 6.45) is 11.6. The van der Waals surface area contributed by atoms with Gasteiger partial charge in [-0.3, -0.25) is 4.79 Å². The van der Waals surface area contributed by atoms with Gasteiger partial charge in [0.15, 0.2) is 0 Å². The highest BCUT2D eigenvalue weighted by Crippen LogP contribution is 2.36. The molecule has 1 aromatic heterocycles. The van der Waals surface area contributed by atoms with E-state index < -0.39 is 30.0 Å². The molecule has 6 atom stereocenters. The van der Waals surface area contributed by atoms with Gasteiger partial charge >= 0.3 is 0 Å². The Morgan fingerprint density at radius 1 is 1.13 bits per heavy atom. The van der Waals surface area contributed by atoms with Crippen LogP contribution in [0.1, 0.15) is 85.5 Å². The van der Waals surface area contributed by atoms with Gasteiger partial charge in [-0.1, -0.05) is 50.5 Å². The number of aromatic nitrogens is 2. The van der Waals surface area contributed by atoms with Crippen LogP contribution in [0.2, 0.25) is 0 Å². The van der Waals surface area contributed by atoms with Crippen LogP contribution in [0.25, 0.3) is 0 Å². The summed E-state index contributed by atoms with van der Waals surface area (Å²) in [5.74, 6) is 0.719. The van der Waals surface area contributed by atoms with Crippen LogP contribution in [-0.2, 0) is 9.53 Å². The van der Waals surface area contributed by atoms with Gasteiger partial charge in [0.1, 0.15) is 12.7 Å². The lowest BCUT2D eigenvalue weighted by molar-refractivity contribution is -0.138. The van der Waals surface area contributed by atoms with E-state index in [0.29, 0.717) is 76.5 Å². The van der Waals surface area contributed by atoms with Crippen LogP contribution < -0.4 is 9.64 Å². The molecular formula is C33H56N4O7S. The van der Waals surface area contributed by atoms with Crippen molar-refractivity contribution < 1.29 is 34.7 Å². The van der Waals surface area contributed by atoms with Crippen molar-refractivity contribution >= 4 is 23.5 Å². The zero-order valence-electron chi connectivity index (χ0n) is 27.6. The van der Waals surface area contributed by atoms with Crippen LogP contribution >= 0.6 is 11.7 Å². The highest BCUT2D eigenvalue weighted by atomic mass is 32.1. The molecule has 1 aliphatic heterocycles. The van der Waals surface area contributed by atoms with Gasteiger partial charge in [-0.15, -0.1) is 4.37 Å². The van der Waals surface area contributed by atoms with E-state index in [-0.39, 0.29) is 30.9 Å². The van der Waals surface area contributed by atoms with Crippen molar-refractivity contribution in [3.05, 3.63) is 24.3 Å². The fraction of sp³-hybridized carbons (Fsp3) is 0.788. The number of aliphatic hydroxyl groups excluding tert-OH is 4. The first-order valence-corrected chi connectivity index (χ1v) is 17.4. The second-order valence-corrected chi connectivity index (χ2v) is 13.8. The van der Waals surface area contributed by atoms with E-state index in [4.69, 9.17) is 9.47 Å². The van der Waals surface area contributed by atoms with Crippen molar-refractivity contribution in [2.75, 3.05) is 44.4 Å². The molecule has 4 N–H and O–H groups in total. The van der Waals surface area contributed by atoms with Crippen molar-refractivity contribution in [3.8, 4) is 5.88 Å². The number of allylic oxidation sites excluding steroid dienone is 2. The van der Waals surface area contributed by atoms with Crippen molar-refractivity contribution in [1.82, 2.24) is 13.6 Å². The number of rotatable bonds is 18. The lowest BCUT2D eigenvalue weighted by atomic mass is 9.89. The summed E-state index contributed by atoms with van der Waals surface area (Å²) in [6, 6.07) is 0. The summed E-state index contributed by atoms with van der Waals surface area (Å²) in [5.41, 5.74) is -0.472. The standard InChI is InChI=1S/C33H56N4O7S/c1-5-6-9-12-24(38)15-16-27-26(28(40)21-29(27)41)13-10-7-8-11-14-30(42)37(33(2,3)4)22-25(39)23-44-32-31(34-45-35-32)36-17-19-43-20-18-36/h7,10,15-16,24-29,38-41H,5-6,8-9,11-14,17-23H2,1-4H3/t24-,25-,26+,27+,28-,29+/m0/s1. The summed E-state index contributed by atoms with van der Waals surface area (Å²) in [7, 11) is 0. The van der Waals surface area contributed by atoms with Crippen LogP contribution in [0.5, 0.6) is 5.88 Å². The first kappa shape index (κ1) is 37.4. The molecule has 2 heterocycles. The monoisotopic (exact) mass is 652 g/mol. The average molecular weight is 653 g/mol. The van der Waals surface area contributed by atoms with Gasteiger partial charge < -0.3 is 39.7 Å². The van der Waals surface area contributed by atoms with Gasteiger partial charge in [-0.25, -0.2) is 0 Å². The Kier molecular flexibility index (Phi) is 15.7. The second-order valence-electron chi connectivity index (χ2n) is 13.3. The number of nitrogens with zero attached hydrogens (tertiary/aromatic N) is 4. The largest absolute Gasteiger partial charge is 0.472 e. The van der Waals surface area contributed by atoms with Gasteiger partial charge in [0.05, 0.1) is 49.8 Å². The third-order valence-electron chi connectivity index (χ3n) is 8.58. The molecule has 0 radical (unpaired) electrons. The van der Waals surface area contributed by atoms with Gasteiger partial charge in [0, 0.05) is 37.4 Å². The molecular weight excluding hydrogens is 596 g/mol. The SMILES string of the molecule is CCCCC[C@H](O)C=C[C@@H]1[C@@H](CC=CCCCC(=O)N(C[C@H](O)COc2nsnc2N2CCOCC2)C(C)(C)C)[C@@H](O)C[C@H]1O. The minimum Gasteiger partial charge on any atom is -0.472 e. The first-order valence-electron chi connectivity index (χ1n) is 16.6. The highest BCUT2D eigenvalue weighted by molar-refractivity contribution is 6.99. The average Bonchev–Trinajstić information content (AvgIpc) is 3.58. The van der Waals surface area contributed by atoms with Gasteiger partial charge in [0.25, 0.3) is 5.88 Å². The maximum absolute atomic E-state index is 13.2. The minimum atomic E-state index is -0.889. The maximum Gasteiger partial charge on any atom is 0.270 e. The molecule has 0 bridgehead atoms. The van der Waals surface area contributed by atoms with Crippen LogP contribution in [0.15, 0.2) is 24.3 Å². The Bertz CT molecular complexity index is 1060. The van der Waals surface area contributed by atoms with E-state index in [1.807, 2.05) is 39.0 Å². The third kappa shape index (κ3) is 12.2. The molecule has 2 fully saturated rings. The number of unbranched alkanes of at least 4 members (excludes halogenated alkanes) is 3. The Hall–Kier alpha value is -2.09. The lowest BCUT2D eigenvalue weighted by Gasteiger charge is -2.37. The predicted octanol–water partition coefficient (Wildman–Crippen LogP) is 3.71. The summed E-state index contributed by atoms with van der Waals surface area (Å²) in [4.78, 5) is 17.0. The van der Waals surface area contributed by atoms with Gasteiger partial charge in [-0.05, 0) is 52.4 Å². The van der Waals surface area contributed by atoms with Crippen LogP contribution in [0.4, 0.5) is 5.82 Å². The highest BCUT2D eigenvalue weighted by Gasteiger charge is 2.39. The zero-order valence-corrected chi connectivity index (χ0v) is 28.4. The van der Waals surface area contributed by atoms with Crippen molar-refractivity contribution in [1.29, 1.82) is 0 Å². The number of anilines is 1. The summed E-state index contributed by atoms with van der Waals surface area (Å²) >= 11 is 1.07. The molecule has 1 saturated heterocycles. The Balaban J connectivity index is 1.43. The van der Waals surface area contributed by atoms with Crippen LogP contribution in [-0.4, -0.2) is 109 Å². The maximum atomic E-state index is 13.2. The molecule has 256 valence electrons. The summed E-state index contributed by atoms with van der Waals surface area (Å²) < 4.78 is 19.8.